The van der Waals surface area contributed by atoms with Crippen LogP contribution in [-0.2, 0) is 9.53 Å². The summed E-state index contributed by atoms with van der Waals surface area (Å²) in [6.07, 6.45) is 5.61. The second kappa shape index (κ2) is 13.8. The van der Waals surface area contributed by atoms with Crippen LogP contribution in [0.2, 0.25) is 0 Å². The number of hydrogen-bond donors (Lipinski definition) is 2. The molecule has 2 aromatic carbocycles. The van der Waals surface area contributed by atoms with Crippen LogP contribution in [0.4, 0.5) is 4.39 Å². The number of nitrogens with zero attached hydrogens (tertiary/aromatic N) is 5. The summed E-state index contributed by atoms with van der Waals surface area (Å²) < 4.78 is 20.0. The SMILES string of the molecule is COCCN1CCN(C(=O)C(CCCN[C@@H]2C[C@H]2c2ccc(F)cc2)NC(=O)c2ccc(-n3ccnn3)cc2)CC1. The van der Waals surface area contributed by atoms with Crippen LogP contribution in [0.15, 0.2) is 60.9 Å². The predicted octanol–water partition coefficient (Wildman–Crippen LogP) is 2.22. The Balaban J connectivity index is 1.16. The molecule has 1 unspecified atom stereocenters. The van der Waals surface area contributed by atoms with Gasteiger partial charge in [0.1, 0.15) is 11.9 Å². The van der Waals surface area contributed by atoms with Gasteiger partial charge in [0.15, 0.2) is 0 Å². The third-order valence-electron chi connectivity index (χ3n) is 7.88. The second-order valence-electron chi connectivity index (χ2n) is 10.7. The van der Waals surface area contributed by atoms with Gasteiger partial charge in [-0.2, -0.15) is 0 Å². The van der Waals surface area contributed by atoms with Crippen LogP contribution >= 0.6 is 0 Å². The topological polar surface area (TPSA) is 105 Å². The van der Waals surface area contributed by atoms with Crippen LogP contribution in [0.25, 0.3) is 5.69 Å². The quantitative estimate of drug-likeness (QED) is 0.308. The summed E-state index contributed by atoms with van der Waals surface area (Å²) >= 11 is 0. The molecule has 2 heterocycles. The Morgan fingerprint density at radius 3 is 2.51 bits per heavy atom. The van der Waals surface area contributed by atoms with E-state index >= 15 is 0 Å². The van der Waals surface area contributed by atoms with Crippen molar-refractivity contribution in [3.8, 4) is 5.69 Å². The standard InChI is InChI=1S/C30H38FN7O3/c1-41-20-19-36-15-17-37(18-16-36)30(40)27(3-2-12-32-28-21-26(28)22-4-8-24(31)9-5-22)34-29(39)23-6-10-25(11-7-23)38-14-13-33-35-38/h4-11,13-14,26-28,32H,2-3,12,15-21H2,1H3,(H,34,39)/t26-,27?,28+/m0/s1. The molecule has 2 fully saturated rings. The number of halogens is 1. The molecule has 218 valence electrons. The monoisotopic (exact) mass is 563 g/mol. The third kappa shape index (κ3) is 7.75. The number of piperazine rings is 1. The molecule has 0 spiro atoms. The van der Waals surface area contributed by atoms with Crippen LogP contribution in [0.5, 0.6) is 0 Å². The molecular weight excluding hydrogens is 525 g/mol. The van der Waals surface area contributed by atoms with Gasteiger partial charge in [0, 0.05) is 57.4 Å². The fraction of sp³-hybridized carbons (Fsp3) is 0.467. The number of amides is 2. The molecule has 1 saturated carbocycles. The number of ether oxygens (including phenoxy) is 1. The Kier molecular flexibility index (Phi) is 9.71. The van der Waals surface area contributed by atoms with Crippen LogP contribution in [0, 0.1) is 5.82 Å². The molecule has 0 radical (unpaired) electrons. The van der Waals surface area contributed by atoms with E-state index in [0.717, 1.165) is 50.3 Å². The fourth-order valence-corrected chi connectivity index (χ4v) is 5.34. The molecule has 2 N–H and O–H groups in total. The highest BCUT2D eigenvalue weighted by Crippen LogP contribution is 2.40. The fourth-order valence-electron chi connectivity index (χ4n) is 5.34. The maximum absolute atomic E-state index is 13.6. The summed E-state index contributed by atoms with van der Waals surface area (Å²) in [4.78, 5) is 31.0. The van der Waals surface area contributed by atoms with Gasteiger partial charge >= 0.3 is 0 Å². The summed E-state index contributed by atoms with van der Waals surface area (Å²) in [7, 11) is 1.69. The van der Waals surface area contributed by atoms with Gasteiger partial charge in [-0.15, -0.1) is 5.10 Å². The number of rotatable bonds is 13. The first-order valence-electron chi connectivity index (χ1n) is 14.3. The van der Waals surface area contributed by atoms with Crippen molar-refractivity contribution in [3.05, 3.63) is 77.9 Å². The molecule has 2 amide bonds. The number of carbonyl (C=O) groups is 2. The number of carbonyl (C=O) groups excluding carboxylic acids is 2. The maximum Gasteiger partial charge on any atom is 0.251 e. The summed E-state index contributed by atoms with van der Waals surface area (Å²) in [6, 6.07) is 13.5. The molecule has 11 heteroatoms. The Morgan fingerprint density at radius 1 is 1.07 bits per heavy atom. The maximum atomic E-state index is 13.6. The predicted molar refractivity (Wildman–Crippen MR) is 152 cm³/mol. The first-order chi connectivity index (χ1) is 20.0. The van der Waals surface area contributed by atoms with E-state index < -0.39 is 6.04 Å². The van der Waals surface area contributed by atoms with E-state index in [4.69, 9.17) is 4.74 Å². The largest absolute Gasteiger partial charge is 0.383 e. The lowest BCUT2D eigenvalue weighted by atomic mass is 10.1. The number of nitrogens with one attached hydrogen (secondary N) is 2. The zero-order valence-corrected chi connectivity index (χ0v) is 23.4. The van der Waals surface area contributed by atoms with E-state index in [0.29, 0.717) is 43.6 Å². The summed E-state index contributed by atoms with van der Waals surface area (Å²) in [5.74, 6) is -0.153. The van der Waals surface area contributed by atoms with Crippen molar-refractivity contribution in [2.45, 2.75) is 37.3 Å². The van der Waals surface area contributed by atoms with E-state index in [1.807, 2.05) is 17.0 Å². The van der Waals surface area contributed by atoms with Crippen LogP contribution in [-0.4, -0.2) is 102 Å². The second-order valence-corrected chi connectivity index (χ2v) is 10.7. The molecule has 1 saturated heterocycles. The number of aromatic nitrogens is 3. The molecule has 41 heavy (non-hydrogen) atoms. The van der Waals surface area contributed by atoms with Crippen LogP contribution in [0.3, 0.4) is 0 Å². The molecular formula is C30H38FN7O3. The average Bonchev–Trinajstić information content (AvgIpc) is 3.56. The highest BCUT2D eigenvalue weighted by molar-refractivity contribution is 5.97. The number of hydrogen-bond acceptors (Lipinski definition) is 7. The van der Waals surface area contributed by atoms with Crippen molar-refractivity contribution >= 4 is 11.8 Å². The molecule has 0 bridgehead atoms. The smallest absolute Gasteiger partial charge is 0.251 e. The molecule has 3 aromatic rings. The van der Waals surface area contributed by atoms with Crippen molar-refractivity contribution in [2.24, 2.45) is 0 Å². The van der Waals surface area contributed by atoms with Crippen molar-refractivity contribution in [1.29, 1.82) is 0 Å². The van der Waals surface area contributed by atoms with Gasteiger partial charge in [-0.1, -0.05) is 17.3 Å². The molecule has 1 aliphatic heterocycles. The van der Waals surface area contributed by atoms with Crippen molar-refractivity contribution in [1.82, 2.24) is 35.4 Å². The summed E-state index contributed by atoms with van der Waals surface area (Å²) in [5, 5.41) is 14.4. The lowest BCUT2D eigenvalue weighted by Gasteiger charge is -2.36. The highest BCUT2D eigenvalue weighted by Gasteiger charge is 2.37. The minimum atomic E-state index is -0.614. The molecule has 10 nitrogen and oxygen atoms in total. The van der Waals surface area contributed by atoms with E-state index in [9.17, 15) is 14.0 Å². The minimum absolute atomic E-state index is 0.0420. The van der Waals surface area contributed by atoms with Crippen LogP contribution in [0.1, 0.15) is 41.1 Å². The zero-order chi connectivity index (χ0) is 28.6. The van der Waals surface area contributed by atoms with Crippen LogP contribution < -0.4 is 10.6 Å². The Bertz CT molecular complexity index is 1260. The van der Waals surface area contributed by atoms with E-state index in [1.165, 1.54) is 12.1 Å². The van der Waals surface area contributed by atoms with Gasteiger partial charge in [0.05, 0.1) is 24.7 Å². The molecule has 1 aromatic heterocycles. The third-order valence-corrected chi connectivity index (χ3v) is 7.88. The lowest BCUT2D eigenvalue weighted by molar-refractivity contribution is -0.135. The van der Waals surface area contributed by atoms with Gasteiger partial charge < -0.3 is 20.3 Å². The van der Waals surface area contributed by atoms with E-state index in [2.05, 4.69) is 25.8 Å². The minimum Gasteiger partial charge on any atom is -0.383 e. The number of methoxy groups -OCH3 is 1. The first-order valence-corrected chi connectivity index (χ1v) is 14.3. The molecule has 1 aliphatic carbocycles. The van der Waals surface area contributed by atoms with Crippen molar-refractivity contribution < 1.29 is 18.7 Å². The first kappa shape index (κ1) is 28.8. The normalized spacial score (nSPS) is 19.6. The van der Waals surface area contributed by atoms with E-state index in [1.54, 1.807) is 48.5 Å². The van der Waals surface area contributed by atoms with Gasteiger partial charge in [0.25, 0.3) is 5.91 Å². The highest BCUT2D eigenvalue weighted by atomic mass is 19.1. The molecule has 2 aliphatic rings. The van der Waals surface area contributed by atoms with Gasteiger partial charge in [0.2, 0.25) is 5.91 Å². The van der Waals surface area contributed by atoms with E-state index in [-0.39, 0.29) is 17.6 Å². The zero-order valence-electron chi connectivity index (χ0n) is 23.4. The van der Waals surface area contributed by atoms with Gasteiger partial charge in [-0.05, 0) is 67.8 Å². The average molecular weight is 564 g/mol. The van der Waals surface area contributed by atoms with Gasteiger partial charge in [-0.25, -0.2) is 9.07 Å². The van der Waals surface area contributed by atoms with Gasteiger partial charge in [-0.3, -0.25) is 14.5 Å². The summed E-state index contributed by atoms with van der Waals surface area (Å²) in [5.41, 5.74) is 2.42. The Hall–Kier alpha value is -3.67. The number of benzene rings is 2. The lowest BCUT2D eigenvalue weighted by Crippen LogP contribution is -2.55. The van der Waals surface area contributed by atoms with Crippen molar-refractivity contribution in [2.75, 3.05) is 53.0 Å². The molecule has 5 rings (SSSR count). The Labute approximate surface area is 239 Å². The summed E-state index contributed by atoms with van der Waals surface area (Å²) in [6.45, 7) is 5.07. The molecule has 3 atom stereocenters. The Morgan fingerprint density at radius 2 is 1.83 bits per heavy atom. The van der Waals surface area contributed by atoms with Crippen molar-refractivity contribution in [3.63, 3.8) is 0 Å².